The van der Waals surface area contributed by atoms with Gasteiger partial charge >= 0.3 is 11.8 Å². The Balaban J connectivity index is 1.22. The summed E-state index contributed by atoms with van der Waals surface area (Å²) in [4.78, 5) is 42.5. The van der Waals surface area contributed by atoms with Gasteiger partial charge in [0.05, 0.1) is 11.8 Å². The number of rotatable bonds is 8. The molecule has 2 aliphatic rings. The fraction of sp³-hybridized carbons (Fsp3) is 0.229. The van der Waals surface area contributed by atoms with Crippen molar-refractivity contribution in [3.63, 3.8) is 0 Å². The van der Waals surface area contributed by atoms with Crippen LogP contribution in [0.25, 0.3) is 10.8 Å². The summed E-state index contributed by atoms with van der Waals surface area (Å²) in [5.74, 6) is 3.63. The molecule has 0 spiro atoms. The summed E-state index contributed by atoms with van der Waals surface area (Å²) in [5.41, 5.74) is 4.27. The van der Waals surface area contributed by atoms with Crippen molar-refractivity contribution < 1.29 is 14.4 Å². The molecule has 1 atom stereocenters. The van der Waals surface area contributed by atoms with Crippen LogP contribution in [0.2, 0.25) is 0 Å². The van der Waals surface area contributed by atoms with E-state index in [-0.39, 0.29) is 23.5 Å². The first kappa shape index (κ1) is 28.4. The minimum Gasteiger partial charge on any atom is -0.344 e. The molecule has 3 aromatic carbocycles. The Labute approximate surface area is 245 Å². The molecule has 5 rings (SSSR count). The van der Waals surface area contributed by atoms with Gasteiger partial charge in [-0.15, -0.1) is 0 Å². The van der Waals surface area contributed by atoms with Gasteiger partial charge in [0.15, 0.2) is 0 Å². The van der Waals surface area contributed by atoms with Crippen LogP contribution in [0.4, 0.5) is 0 Å². The minimum atomic E-state index is -0.839. The van der Waals surface area contributed by atoms with Gasteiger partial charge in [-0.1, -0.05) is 78.7 Å². The summed E-state index contributed by atoms with van der Waals surface area (Å²) in [5, 5.41) is 16.2. The van der Waals surface area contributed by atoms with E-state index in [0.717, 1.165) is 23.6 Å². The predicted molar refractivity (Wildman–Crippen MR) is 166 cm³/mol. The van der Waals surface area contributed by atoms with Crippen molar-refractivity contribution in [2.24, 2.45) is 4.99 Å². The Kier molecular flexibility index (Phi) is 7.99. The van der Waals surface area contributed by atoms with Gasteiger partial charge in [0.1, 0.15) is 5.71 Å². The first-order valence-corrected chi connectivity index (χ1v) is 13.9. The summed E-state index contributed by atoms with van der Waals surface area (Å²) in [6.45, 7) is 7.53. The number of fused-ring (bicyclic) bond motifs is 1. The van der Waals surface area contributed by atoms with Gasteiger partial charge in [0.25, 0.3) is 0 Å². The van der Waals surface area contributed by atoms with Crippen LogP contribution in [0.5, 0.6) is 0 Å². The van der Waals surface area contributed by atoms with E-state index in [9.17, 15) is 14.4 Å². The molecule has 2 amide bonds. The van der Waals surface area contributed by atoms with E-state index in [4.69, 9.17) is 5.41 Å². The summed E-state index contributed by atoms with van der Waals surface area (Å²) >= 11 is 0. The SMILES string of the molecule is C=C1C=CN=C1C#CC(C)NC(=O)C(=O)NCc1ccccc1C(=O)C(=N)CC1(c2cccc3cc(C)ccc23)CC1. The number of ketones is 1. The summed E-state index contributed by atoms with van der Waals surface area (Å²) in [6, 6.07) is 18.9. The Hall–Kier alpha value is -5.09. The molecule has 1 heterocycles. The molecule has 7 heteroatoms. The van der Waals surface area contributed by atoms with Gasteiger partial charge in [-0.2, -0.15) is 0 Å². The van der Waals surface area contributed by atoms with E-state index >= 15 is 0 Å². The van der Waals surface area contributed by atoms with Crippen molar-refractivity contribution >= 4 is 39.8 Å². The molecule has 42 heavy (non-hydrogen) atoms. The maximum absolute atomic E-state index is 13.5. The number of aliphatic imine (C=N–C) groups is 1. The number of hydrogen-bond acceptors (Lipinski definition) is 5. The number of carbonyl (C=O) groups is 3. The molecular weight excluding hydrogens is 524 g/mol. The zero-order valence-corrected chi connectivity index (χ0v) is 23.7. The quantitative estimate of drug-likeness (QED) is 0.155. The van der Waals surface area contributed by atoms with Crippen LogP contribution >= 0.6 is 0 Å². The molecular formula is C35H32N4O3. The van der Waals surface area contributed by atoms with Crippen LogP contribution in [0, 0.1) is 24.2 Å². The summed E-state index contributed by atoms with van der Waals surface area (Å²) in [7, 11) is 0. The van der Waals surface area contributed by atoms with E-state index in [1.165, 1.54) is 11.1 Å². The fourth-order valence-electron chi connectivity index (χ4n) is 5.24. The lowest BCUT2D eigenvalue weighted by atomic mass is 9.84. The molecule has 1 fully saturated rings. The number of carbonyl (C=O) groups excluding carboxylic acids is 3. The van der Waals surface area contributed by atoms with E-state index in [2.05, 4.69) is 71.3 Å². The number of hydrogen-bond donors (Lipinski definition) is 3. The van der Waals surface area contributed by atoms with Gasteiger partial charge in [-0.25, -0.2) is 4.99 Å². The molecule has 0 saturated heterocycles. The average molecular weight is 557 g/mol. The van der Waals surface area contributed by atoms with Crippen LogP contribution in [-0.4, -0.2) is 35.1 Å². The molecule has 0 aromatic heterocycles. The Morgan fingerprint density at radius 1 is 1.07 bits per heavy atom. The molecule has 1 aliphatic carbocycles. The molecule has 210 valence electrons. The highest BCUT2D eigenvalue weighted by molar-refractivity contribution is 6.45. The highest BCUT2D eigenvalue weighted by atomic mass is 16.2. The van der Waals surface area contributed by atoms with E-state index < -0.39 is 17.9 Å². The number of nitrogens with zero attached hydrogens (tertiary/aromatic N) is 1. The fourth-order valence-corrected chi connectivity index (χ4v) is 5.24. The molecule has 0 bridgehead atoms. The number of Topliss-reactive ketones (excluding diaryl/α,β-unsaturated/α-hetero) is 1. The van der Waals surface area contributed by atoms with Crippen LogP contribution < -0.4 is 10.6 Å². The first-order valence-electron chi connectivity index (χ1n) is 13.9. The number of aryl methyl sites for hydroxylation is 1. The third kappa shape index (κ3) is 6.13. The maximum atomic E-state index is 13.5. The zero-order valence-electron chi connectivity index (χ0n) is 23.7. The topological polar surface area (TPSA) is 111 Å². The molecule has 7 nitrogen and oxygen atoms in total. The van der Waals surface area contributed by atoms with Crippen molar-refractivity contribution in [1.29, 1.82) is 5.41 Å². The second-order valence-electron chi connectivity index (χ2n) is 10.9. The Bertz CT molecular complexity index is 1770. The number of allylic oxidation sites excluding steroid dienone is 2. The monoisotopic (exact) mass is 556 g/mol. The lowest BCUT2D eigenvalue weighted by molar-refractivity contribution is -0.139. The Morgan fingerprint density at radius 3 is 2.60 bits per heavy atom. The molecule has 3 N–H and O–H groups in total. The van der Waals surface area contributed by atoms with Crippen molar-refractivity contribution in [2.75, 3.05) is 0 Å². The lowest BCUT2D eigenvalue weighted by Gasteiger charge is -2.19. The number of amides is 2. The summed E-state index contributed by atoms with van der Waals surface area (Å²) in [6.07, 6.45) is 5.52. The molecule has 1 unspecified atom stereocenters. The standard InChI is InChI=1S/C35H32N4O3/c1-22-11-13-27-25(19-22)8-6-10-29(27)35(16-17-35)20-30(36)32(40)28-9-5-4-7-26(28)21-38-33(41)34(42)39-24(3)12-14-31-23(2)15-18-37-31/h4-11,13,15,18-19,24,36H,2,16-17,20-21H2,1,3H3,(H,38,41)(H,39,42). The van der Waals surface area contributed by atoms with Crippen LogP contribution in [0.1, 0.15) is 53.2 Å². The second kappa shape index (κ2) is 11.8. The summed E-state index contributed by atoms with van der Waals surface area (Å²) < 4.78 is 0. The zero-order chi connectivity index (χ0) is 29.9. The first-order chi connectivity index (χ1) is 20.2. The highest BCUT2D eigenvalue weighted by Gasteiger charge is 2.46. The van der Waals surface area contributed by atoms with Crippen LogP contribution in [0.3, 0.4) is 0 Å². The van der Waals surface area contributed by atoms with Crippen molar-refractivity contribution in [3.8, 4) is 11.8 Å². The van der Waals surface area contributed by atoms with E-state index in [1.807, 2.05) is 6.07 Å². The number of nitrogens with one attached hydrogen (secondary N) is 3. The second-order valence-corrected chi connectivity index (χ2v) is 10.9. The third-order valence-corrected chi connectivity index (χ3v) is 7.70. The lowest BCUT2D eigenvalue weighted by Crippen LogP contribution is -2.43. The van der Waals surface area contributed by atoms with Crippen molar-refractivity contribution in [2.45, 2.75) is 51.1 Å². The van der Waals surface area contributed by atoms with Gasteiger partial charge in [-0.3, -0.25) is 14.4 Å². The van der Waals surface area contributed by atoms with E-state index in [1.54, 1.807) is 43.5 Å². The largest absolute Gasteiger partial charge is 0.344 e. The third-order valence-electron chi connectivity index (χ3n) is 7.70. The van der Waals surface area contributed by atoms with Crippen LogP contribution in [0.15, 0.2) is 90.1 Å². The van der Waals surface area contributed by atoms with Gasteiger partial charge in [-0.05, 0) is 60.6 Å². The minimum absolute atomic E-state index is 0.0301. The van der Waals surface area contributed by atoms with Crippen molar-refractivity contribution in [3.05, 3.63) is 107 Å². The van der Waals surface area contributed by atoms with Gasteiger partial charge < -0.3 is 16.0 Å². The predicted octanol–water partition coefficient (Wildman–Crippen LogP) is 5.12. The molecule has 1 aliphatic heterocycles. The highest BCUT2D eigenvalue weighted by Crippen LogP contribution is 2.53. The maximum Gasteiger partial charge on any atom is 0.310 e. The molecule has 0 radical (unpaired) electrons. The number of benzene rings is 3. The van der Waals surface area contributed by atoms with Crippen molar-refractivity contribution in [1.82, 2.24) is 10.6 Å². The molecule has 1 saturated carbocycles. The van der Waals surface area contributed by atoms with Crippen LogP contribution in [-0.2, 0) is 21.5 Å². The smallest absolute Gasteiger partial charge is 0.310 e. The Morgan fingerprint density at radius 2 is 1.86 bits per heavy atom. The van der Waals surface area contributed by atoms with E-state index in [0.29, 0.717) is 28.8 Å². The average Bonchev–Trinajstić information content (AvgIpc) is 3.64. The normalized spacial score (nSPS) is 15.3. The van der Waals surface area contributed by atoms with Gasteiger partial charge in [0.2, 0.25) is 5.78 Å². The molecule has 3 aromatic rings. The van der Waals surface area contributed by atoms with Gasteiger partial charge in [0, 0.05) is 35.7 Å².